The second-order valence-electron chi connectivity index (χ2n) is 8.87. The van der Waals surface area contributed by atoms with Crippen LogP contribution in [0.15, 0.2) is 66.0 Å². The topological polar surface area (TPSA) is 71.1 Å². The summed E-state index contributed by atoms with van der Waals surface area (Å²) in [7, 11) is 0. The van der Waals surface area contributed by atoms with Crippen molar-refractivity contribution in [1.82, 2.24) is 4.98 Å². The van der Waals surface area contributed by atoms with Crippen molar-refractivity contribution in [2.75, 3.05) is 10.6 Å². The van der Waals surface area contributed by atoms with Gasteiger partial charge in [-0.2, -0.15) is 0 Å². The molecule has 0 spiro atoms. The molecule has 2 atom stereocenters. The van der Waals surface area contributed by atoms with E-state index in [2.05, 4.69) is 15.6 Å². The van der Waals surface area contributed by atoms with Crippen LogP contribution in [0, 0.1) is 12.8 Å². The molecule has 1 heterocycles. The van der Waals surface area contributed by atoms with E-state index in [1.807, 2.05) is 36.6 Å². The van der Waals surface area contributed by atoms with Gasteiger partial charge in [-0.1, -0.05) is 64.6 Å². The molecule has 2 amide bonds. The van der Waals surface area contributed by atoms with Crippen molar-refractivity contribution in [2.45, 2.75) is 17.2 Å². The molecule has 3 aromatic carbocycles. The Labute approximate surface area is 248 Å². The highest BCUT2D eigenvalue weighted by Gasteiger charge is 2.67. The number of rotatable bonds is 6. The lowest BCUT2D eigenvalue weighted by Crippen LogP contribution is -2.18. The summed E-state index contributed by atoms with van der Waals surface area (Å²) >= 11 is 32.7. The average molecular weight is 626 g/mol. The Hall–Kier alpha value is -2.32. The first-order chi connectivity index (χ1) is 18.0. The van der Waals surface area contributed by atoms with E-state index in [-0.39, 0.29) is 10.6 Å². The van der Waals surface area contributed by atoms with Gasteiger partial charge in [0.15, 0.2) is 5.13 Å². The lowest BCUT2D eigenvalue weighted by atomic mass is 10.1. The molecule has 5 nitrogen and oxygen atoms in total. The molecule has 1 aliphatic carbocycles. The molecule has 0 bridgehead atoms. The van der Waals surface area contributed by atoms with Crippen LogP contribution < -0.4 is 10.6 Å². The third-order valence-electron chi connectivity index (χ3n) is 6.13. The summed E-state index contributed by atoms with van der Waals surface area (Å²) < 4.78 is -1.33. The number of nitrogens with one attached hydrogen (secondary N) is 2. The minimum Gasteiger partial charge on any atom is -0.326 e. The molecule has 0 radical (unpaired) electrons. The zero-order chi connectivity index (χ0) is 27.2. The zero-order valence-corrected chi connectivity index (χ0v) is 24.2. The normalized spacial score (nSPS) is 17.6. The smallest absolute Gasteiger partial charge is 0.259 e. The summed E-state index contributed by atoms with van der Waals surface area (Å²) in [6.07, 6.45) is 0. The van der Waals surface area contributed by atoms with Gasteiger partial charge in [0.1, 0.15) is 4.33 Å². The first kappa shape index (κ1) is 27.3. The second-order valence-corrected chi connectivity index (χ2v) is 12.5. The molecule has 4 aromatic rings. The molecule has 0 aliphatic heterocycles. The van der Waals surface area contributed by atoms with Crippen molar-refractivity contribution in [3.8, 4) is 11.3 Å². The Bertz CT molecular complexity index is 1530. The van der Waals surface area contributed by atoms with Crippen molar-refractivity contribution in [3.63, 3.8) is 0 Å². The number of thiazole rings is 1. The summed E-state index contributed by atoms with van der Waals surface area (Å²) in [6.45, 7) is 2.01. The highest BCUT2D eigenvalue weighted by Crippen LogP contribution is 2.65. The average Bonchev–Trinajstić information content (AvgIpc) is 3.16. The van der Waals surface area contributed by atoms with Crippen LogP contribution in [-0.2, 0) is 4.79 Å². The van der Waals surface area contributed by atoms with Crippen LogP contribution in [0.25, 0.3) is 11.3 Å². The molecule has 11 heteroatoms. The SMILES string of the molecule is Cc1ccc(-c2csc(NC(=O)c3cc(NC(=O)[C@H]4[C@H](c5cc(Cl)cc(Cl)c5)C4(Cl)Cl)ccc3Cl)n2)cc1. The molecule has 0 unspecified atom stereocenters. The molecule has 1 aliphatic rings. The quantitative estimate of drug-likeness (QED) is 0.210. The molecular weight excluding hydrogens is 608 g/mol. The molecule has 1 aromatic heterocycles. The number of carbonyl (C=O) groups excluding carboxylic acids is 2. The van der Waals surface area contributed by atoms with Gasteiger partial charge in [0.05, 0.1) is 22.2 Å². The molecular formula is C27H18Cl5N3O2S. The van der Waals surface area contributed by atoms with Crippen LogP contribution in [0.4, 0.5) is 10.8 Å². The van der Waals surface area contributed by atoms with Crippen LogP contribution in [-0.4, -0.2) is 21.1 Å². The van der Waals surface area contributed by atoms with Crippen LogP contribution in [0.5, 0.6) is 0 Å². The number of nitrogens with zero attached hydrogens (tertiary/aromatic N) is 1. The van der Waals surface area contributed by atoms with Gasteiger partial charge in [0.25, 0.3) is 5.91 Å². The van der Waals surface area contributed by atoms with E-state index in [1.54, 1.807) is 24.3 Å². The lowest BCUT2D eigenvalue weighted by Gasteiger charge is -2.09. The minimum absolute atomic E-state index is 0.175. The van der Waals surface area contributed by atoms with Crippen molar-refractivity contribution in [2.24, 2.45) is 5.92 Å². The van der Waals surface area contributed by atoms with Crippen LogP contribution in [0.2, 0.25) is 15.1 Å². The Kier molecular flexibility index (Phi) is 7.66. The summed E-state index contributed by atoms with van der Waals surface area (Å²) in [6, 6.07) is 17.5. The fourth-order valence-electron chi connectivity index (χ4n) is 4.17. The highest BCUT2D eigenvalue weighted by atomic mass is 35.5. The fourth-order valence-corrected chi connectivity index (χ4v) is 6.46. The highest BCUT2D eigenvalue weighted by molar-refractivity contribution is 7.14. The van der Waals surface area contributed by atoms with E-state index < -0.39 is 28.0 Å². The lowest BCUT2D eigenvalue weighted by molar-refractivity contribution is -0.117. The number of anilines is 2. The molecule has 194 valence electrons. The van der Waals surface area contributed by atoms with Gasteiger partial charge < -0.3 is 5.32 Å². The summed E-state index contributed by atoms with van der Waals surface area (Å²) in [5.41, 5.74) is 4.05. The third kappa shape index (κ3) is 5.67. The molecule has 5 rings (SSSR count). The predicted molar refractivity (Wildman–Crippen MR) is 157 cm³/mol. The van der Waals surface area contributed by atoms with E-state index in [9.17, 15) is 9.59 Å². The predicted octanol–water partition coefficient (Wildman–Crippen LogP) is 8.86. The van der Waals surface area contributed by atoms with Crippen molar-refractivity contribution in [3.05, 3.63) is 97.8 Å². The van der Waals surface area contributed by atoms with Crippen molar-refractivity contribution in [1.29, 1.82) is 0 Å². The largest absolute Gasteiger partial charge is 0.326 e. The monoisotopic (exact) mass is 623 g/mol. The van der Waals surface area contributed by atoms with E-state index in [4.69, 9.17) is 58.0 Å². The van der Waals surface area contributed by atoms with E-state index >= 15 is 0 Å². The van der Waals surface area contributed by atoms with Gasteiger partial charge in [-0.25, -0.2) is 4.98 Å². The molecule has 38 heavy (non-hydrogen) atoms. The fraction of sp³-hybridized carbons (Fsp3) is 0.148. The maximum Gasteiger partial charge on any atom is 0.259 e. The molecule has 0 saturated heterocycles. The number of halogens is 5. The molecule has 2 N–H and O–H groups in total. The van der Waals surface area contributed by atoms with Gasteiger partial charge in [-0.15, -0.1) is 34.5 Å². The second kappa shape index (κ2) is 10.7. The number of amides is 2. The van der Waals surface area contributed by atoms with Crippen molar-refractivity contribution < 1.29 is 9.59 Å². The summed E-state index contributed by atoms with van der Waals surface area (Å²) in [5, 5.41) is 8.90. The summed E-state index contributed by atoms with van der Waals surface area (Å²) in [5.74, 6) is -2.11. The number of benzene rings is 3. The van der Waals surface area contributed by atoms with E-state index in [0.717, 1.165) is 16.8 Å². The number of alkyl halides is 2. The van der Waals surface area contributed by atoms with Gasteiger partial charge in [0.2, 0.25) is 5.91 Å². The third-order valence-corrected chi connectivity index (χ3v) is 8.59. The van der Waals surface area contributed by atoms with E-state index in [0.29, 0.717) is 26.4 Å². The Morgan fingerprint density at radius 3 is 2.29 bits per heavy atom. The zero-order valence-electron chi connectivity index (χ0n) is 19.6. The first-order valence-electron chi connectivity index (χ1n) is 11.3. The van der Waals surface area contributed by atoms with Crippen LogP contribution >= 0.6 is 69.3 Å². The number of aromatic nitrogens is 1. The van der Waals surface area contributed by atoms with E-state index in [1.165, 1.54) is 23.5 Å². The minimum atomic E-state index is -1.33. The van der Waals surface area contributed by atoms with Crippen LogP contribution in [0.3, 0.4) is 0 Å². The number of hydrogen-bond acceptors (Lipinski definition) is 4. The number of hydrogen-bond donors (Lipinski definition) is 2. The summed E-state index contributed by atoms with van der Waals surface area (Å²) in [4.78, 5) is 30.6. The Balaban J connectivity index is 1.29. The van der Waals surface area contributed by atoms with Crippen molar-refractivity contribution >= 4 is 92.0 Å². The van der Waals surface area contributed by atoms with Gasteiger partial charge >= 0.3 is 0 Å². The standard InChI is InChI=1S/C27H18Cl5N3O2S/c1-13-2-4-14(5-3-13)21-12-38-26(34-21)35-24(36)19-11-18(6-7-20(19)30)33-25(37)23-22(27(23,31)32)15-8-16(28)10-17(29)9-15/h2-12,22-23H,1H3,(H,33,37)(H,34,35,36)/t22-,23+/m0/s1. The first-order valence-corrected chi connectivity index (χ1v) is 14.1. The Morgan fingerprint density at radius 2 is 1.61 bits per heavy atom. The van der Waals surface area contributed by atoms with Gasteiger partial charge in [-0.3, -0.25) is 14.9 Å². The van der Waals surface area contributed by atoms with Gasteiger partial charge in [0, 0.05) is 32.6 Å². The molecule has 1 fully saturated rings. The maximum atomic E-state index is 13.1. The van der Waals surface area contributed by atoms with Gasteiger partial charge in [-0.05, 0) is 48.9 Å². The molecule has 1 saturated carbocycles. The Morgan fingerprint density at radius 1 is 0.921 bits per heavy atom. The number of aryl methyl sites for hydroxylation is 1. The van der Waals surface area contributed by atoms with Crippen LogP contribution in [0.1, 0.15) is 27.4 Å². The maximum absolute atomic E-state index is 13.1. The number of carbonyl (C=O) groups is 2.